The molecule has 1 heterocycles. The fourth-order valence-electron chi connectivity index (χ4n) is 2.01. The Bertz CT molecular complexity index is 739. The van der Waals surface area contributed by atoms with Crippen LogP contribution >= 0.6 is 11.6 Å². The third-order valence-corrected chi connectivity index (χ3v) is 3.52. The molecule has 0 saturated carbocycles. The Balaban J connectivity index is 2.17. The number of halogens is 1. The number of anilines is 2. The first kappa shape index (κ1) is 18.0. The number of carbonyl (C=O) groups excluding carboxylic acids is 1. The van der Waals surface area contributed by atoms with Gasteiger partial charge in [0.05, 0.1) is 25.2 Å². The van der Waals surface area contributed by atoms with E-state index in [4.69, 9.17) is 16.3 Å². The first-order valence-electron chi connectivity index (χ1n) is 7.45. The fourth-order valence-corrected chi connectivity index (χ4v) is 2.16. The summed E-state index contributed by atoms with van der Waals surface area (Å²) in [5.74, 6) is 0.724. The van der Waals surface area contributed by atoms with E-state index in [1.54, 1.807) is 12.1 Å². The SMILES string of the molecule is COc1cc(Cl)c(C)cc1NC(=O)c1cnc(NC(C)(C)C)cn1. The number of carbonyl (C=O) groups is 1. The van der Waals surface area contributed by atoms with Crippen molar-refractivity contribution in [1.82, 2.24) is 9.97 Å². The Kier molecular flexibility index (Phi) is 5.29. The van der Waals surface area contributed by atoms with Crippen molar-refractivity contribution in [2.45, 2.75) is 33.2 Å². The molecule has 0 saturated heterocycles. The summed E-state index contributed by atoms with van der Waals surface area (Å²) in [6.45, 7) is 7.91. The number of rotatable bonds is 4. The maximum absolute atomic E-state index is 12.4. The highest BCUT2D eigenvalue weighted by Crippen LogP contribution is 2.31. The number of aromatic nitrogens is 2. The second-order valence-electron chi connectivity index (χ2n) is 6.42. The molecule has 0 fully saturated rings. The van der Waals surface area contributed by atoms with Crippen LogP contribution in [0.25, 0.3) is 0 Å². The lowest BCUT2D eigenvalue weighted by molar-refractivity contribution is 0.102. The normalized spacial score (nSPS) is 11.1. The number of nitrogens with one attached hydrogen (secondary N) is 2. The van der Waals surface area contributed by atoms with E-state index in [0.717, 1.165) is 5.56 Å². The molecule has 0 radical (unpaired) electrons. The van der Waals surface area contributed by atoms with E-state index >= 15 is 0 Å². The lowest BCUT2D eigenvalue weighted by atomic mass is 10.1. The number of benzene rings is 1. The van der Waals surface area contributed by atoms with Gasteiger partial charge in [-0.1, -0.05) is 11.6 Å². The number of nitrogens with zero attached hydrogens (tertiary/aromatic N) is 2. The van der Waals surface area contributed by atoms with Crippen molar-refractivity contribution < 1.29 is 9.53 Å². The smallest absolute Gasteiger partial charge is 0.275 e. The van der Waals surface area contributed by atoms with Gasteiger partial charge >= 0.3 is 0 Å². The van der Waals surface area contributed by atoms with Gasteiger partial charge in [-0.3, -0.25) is 4.79 Å². The van der Waals surface area contributed by atoms with Crippen molar-refractivity contribution in [3.05, 3.63) is 40.8 Å². The average Bonchev–Trinajstić information content (AvgIpc) is 2.49. The molecule has 24 heavy (non-hydrogen) atoms. The summed E-state index contributed by atoms with van der Waals surface area (Å²) < 4.78 is 5.25. The van der Waals surface area contributed by atoms with Crippen LogP contribution in [0.3, 0.4) is 0 Å². The number of amides is 1. The molecule has 1 amide bonds. The Morgan fingerprint density at radius 2 is 1.92 bits per heavy atom. The van der Waals surface area contributed by atoms with Crippen LogP contribution in [0.1, 0.15) is 36.8 Å². The minimum absolute atomic E-state index is 0.132. The van der Waals surface area contributed by atoms with Gasteiger partial charge in [0.15, 0.2) is 0 Å². The van der Waals surface area contributed by atoms with E-state index in [1.807, 2.05) is 27.7 Å². The van der Waals surface area contributed by atoms with Crippen molar-refractivity contribution in [2.24, 2.45) is 0 Å². The Morgan fingerprint density at radius 1 is 1.21 bits per heavy atom. The van der Waals surface area contributed by atoms with E-state index in [-0.39, 0.29) is 17.1 Å². The summed E-state index contributed by atoms with van der Waals surface area (Å²) in [6.07, 6.45) is 2.96. The Hall–Kier alpha value is -2.34. The molecule has 7 heteroatoms. The van der Waals surface area contributed by atoms with Gasteiger partial charge in [-0.25, -0.2) is 9.97 Å². The van der Waals surface area contributed by atoms with Gasteiger partial charge in [0.25, 0.3) is 5.91 Å². The highest BCUT2D eigenvalue weighted by atomic mass is 35.5. The molecule has 0 aliphatic carbocycles. The molecule has 0 bridgehead atoms. The minimum atomic E-state index is -0.371. The average molecular weight is 349 g/mol. The zero-order chi connectivity index (χ0) is 17.9. The zero-order valence-corrected chi connectivity index (χ0v) is 15.2. The van der Waals surface area contributed by atoms with Crippen LogP contribution in [0.2, 0.25) is 5.02 Å². The number of aryl methyl sites for hydroxylation is 1. The van der Waals surface area contributed by atoms with E-state index < -0.39 is 0 Å². The number of methoxy groups -OCH3 is 1. The molecule has 0 atom stereocenters. The molecule has 1 aromatic heterocycles. The van der Waals surface area contributed by atoms with Crippen LogP contribution in [-0.4, -0.2) is 28.5 Å². The third-order valence-electron chi connectivity index (χ3n) is 3.12. The molecule has 2 aromatic rings. The predicted molar refractivity (Wildman–Crippen MR) is 96.1 cm³/mol. The number of ether oxygens (including phenoxy) is 1. The third kappa shape index (κ3) is 4.58. The standard InChI is InChI=1S/C17H21ClN4O2/c1-10-6-12(14(24-5)7-11(10)18)21-16(23)13-8-20-15(9-19-13)22-17(2,3)4/h6-9H,1-5H3,(H,20,22)(H,21,23). The van der Waals surface area contributed by atoms with Gasteiger partial charge in [0, 0.05) is 16.6 Å². The zero-order valence-electron chi connectivity index (χ0n) is 14.4. The molecule has 2 rings (SSSR count). The maximum Gasteiger partial charge on any atom is 0.275 e. The number of hydrogen-bond donors (Lipinski definition) is 2. The maximum atomic E-state index is 12.4. The van der Waals surface area contributed by atoms with Crippen LogP contribution in [0.5, 0.6) is 5.75 Å². The van der Waals surface area contributed by atoms with Gasteiger partial charge in [-0.2, -0.15) is 0 Å². The summed E-state index contributed by atoms with van der Waals surface area (Å²) >= 11 is 6.07. The van der Waals surface area contributed by atoms with Crippen LogP contribution in [0, 0.1) is 6.92 Å². The molecule has 2 N–H and O–H groups in total. The lowest BCUT2D eigenvalue weighted by Crippen LogP contribution is -2.27. The second-order valence-corrected chi connectivity index (χ2v) is 6.82. The van der Waals surface area contributed by atoms with Crippen LogP contribution in [-0.2, 0) is 0 Å². The molecule has 1 aromatic carbocycles. The Labute approximate surface area is 146 Å². The molecule has 128 valence electrons. The van der Waals surface area contributed by atoms with Crippen molar-refractivity contribution >= 4 is 29.0 Å². The highest BCUT2D eigenvalue weighted by Gasteiger charge is 2.15. The summed E-state index contributed by atoms with van der Waals surface area (Å²) in [6, 6.07) is 3.41. The van der Waals surface area contributed by atoms with Crippen LogP contribution < -0.4 is 15.4 Å². The van der Waals surface area contributed by atoms with Crippen LogP contribution in [0.4, 0.5) is 11.5 Å². The number of hydrogen-bond acceptors (Lipinski definition) is 5. The van der Waals surface area contributed by atoms with Crippen molar-refractivity contribution in [3.8, 4) is 5.75 Å². The highest BCUT2D eigenvalue weighted by molar-refractivity contribution is 6.31. The fraction of sp³-hybridized carbons (Fsp3) is 0.353. The predicted octanol–water partition coefficient (Wildman–Crippen LogP) is 3.91. The monoisotopic (exact) mass is 348 g/mol. The largest absolute Gasteiger partial charge is 0.495 e. The molecule has 0 spiro atoms. The quantitative estimate of drug-likeness (QED) is 0.876. The van der Waals surface area contributed by atoms with Crippen molar-refractivity contribution in [2.75, 3.05) is 17.7 Å². The van der Waals surface area contributed by atoms with Crippen molar-refractivity contribution in [1.29, 1.82) is 0 Å². The molecule has 0 unspecified atom stereocenters. The van der Waals surface area contributed by atoms with E-state index in [1.165, 1.54) is 19.5 Å². The van der Waals surface area contributed by atoms with Gasteiger partial charge in [-0.05, 0) is 39.3 Å². The summed E-state index contributed by atoms with van der Waals surface area (Å²) in [4.78, 5) is 20.7. The van der Waals surface area contributed by atoms with Gasteiger partial charge in [-0.15, -0.1) is 0 Å². The van der Waals surface area contributed by atoms with Crippen LogP contribution in [0.15, 0.2) is 24.5 Å². The summed E-state index contributed by atoms with van der Waals surface area (Å²) in [5, 5.41) is 6.53. The van der Waals surface area contributed by atoms with E-state index in [9.17, 15) is 4.79 Å². The van der Waals surface area contributed by atoms with Gasteiger partial charge < -0.3 is 15.4 Å². The second kappa shape index (κ2) is 7.05. The van der Waals surface area contributed by atoms with E-state index in [0.29, 0.717) is 22.3 Å². The summed E-state index contributed by atoms with van der Waals surface area (Å²) in [5.41, 5.74) is 1.45. The molecular weight excluding hydrogens is 328 g/mol. The summed E-state index contributed by atoms with van der Waals surface area (Å²) in [7, 11) is 1.52. The molecule has 0 aliphatic heterocycles. The van der Waals surface area contributed by atoms with Crippen molar-refractivity contribution in [3.63, 3.8) is 0 Å². The minimum Gasteiger partial charge on any atom is -0.495 e. The Morgan fingerprint density at radius 3 is 2.46 bits per heavy atom. The van der Waals surface area contributed by atoms with Gasteiger partial charge in [0.2, 0.25) is 0 Å². The topological polar surface area (TPSA) is 76.1 Å². The molecule has 0 aliphatic rings. The molecular formula is C17H21ClN4O2. The molecule has 6 nitrogen and oxygen atoms in total. The van der Waals surface area contributed by atoms with E-state index in [2.05, 4.69) is 20.6 Å². The first-order chi connectivity index (χ1) is 11.2. The lowest BCUT2D eigenvalue weighted by Gasteiger charge is -2.20. The first-order valence-corrected chi connectivity index (χ1v) is 7.83. The van der Waals surface area contributed by atoms with Gasteiger partial charge in [0.1, 0.15) is 17.3 Å².